The van der Waals surface area contributed by atoms with Crippen LogP contribution in [0.1, 0.15) is 11.4 Å². The number of aromatic nitrogens is 2. The number of benzene rings is 2. The number of hydrogen-bond donors (Lipinski definition) is 0. The lowest BCUT2D eigenvalue weighted by Gasteiger charge is -2.06. The van der Waals surface area contributed by atoms with E-state index in [2.05, 4.69) is 77.1 Å². The van der Waals surface area contributed by atoms with Crippen molar-refractivity contribution in [2.75, 3.05) is 0 Å². The van der Waals surface area contributed by atoms with Crippen molar-refractivity contribution in [2.24, 2.45) is 0 Å². The molecule has 21 heavy (non-hydrogen) atoms. The lowest BCUT2D eigenvalue weighted by atomic mass is 10.0. The molecule has 0 aliphatic heterocycles. The number of fused-ring (bicyclic) bond motifs is 2. The van der Waals surface area contributed by atoms with E-state index in [1.807, 2.05) is 0 Å². The first-order valence-electron chi connectivity index (χ1n) is 7.00. The molecular formula is C18H15N2S+. The Labute approximate surface area is 127 Å². The van der Waals surface area contributed by atoms with Crippen LogP contribution in [0.25, 0.3) is 27.0 Å². The van der Waals surface area contributed by atoms with E-state index >= 15 is 0 Å². The van der Waals surface area contributed by atoms with Crippen molar-refractivity contribution in [3.05, 3.63) is 65.3 Å². The predicted octanol–water partition coefficient (Wildman–Crippen LogP) is 4.32. The minimum atomic E-state index is 1.05. The first-order valence-corrected chi connectivity index (χ1v) is 7.87. The Morgan fingerprint density at radius 3 is 2.71 bits per heavy atom. The third-order valence-corrected chi connectivity index (χ3v) is 4.75. The quantitative estimate of drug-likeness (QED) is 0.477. The van der Waals surface area contributed by atoms with E-state index in [-0.39, 0.29) is 0 Å². The zero-order chi connectivity index (χ0) is 14.4. The van der Waals surface area contributed by atoms with Crippen LogP contribution in [0.2, 0.25) is 0 Å². The highest BCUT2D eigenvalue weighted by Crippen LogP contribution is 2.27. The topological polar surface area (TPSA) is 17.0 Å². The standard InChI is InChI=1S/C18H15N2S/c1-12-10-17(20-13(2)11-21-18(20)19-12)16-9-5-7-14-6-3-4-8-15(14)16/h3-11H,1-2H3/q+1. The fourth-order valence-electron chi connectivity index (χ4n) is 2.86. The van der Waals surface area contributed by atoms with Gasteiger partial charge in [-0.15, -0.1) is 0 Å². The van der Waals surface area contributed by atoms with E-state index < -0.39 is 0 Å². The summed E-state index contributed by atoms with van der Waals surface area (Å²) in [6, 6.07) is 17.2. The van der Waals surface area contributed by atoms with E-state index in [4.69, 9.17) is 0 Å². The zero-order valence-corrected chi connectivity index (χ0v) is 12.8. The molecule has 0 aliphatic carbocycles. The van der Waals surface area contributed by atoms with Gasteiger partial charge in [-0.25, -0.2) is 0 Å². The van der Waals surface area contributed by atoms with Crippen LogP contribution in [-0.4, -0.2) is 4.98 Å². The molecule has 0 saturated heterocycles. The van der Waals surface area contributed by atoms with Gasteiger partial charge in [-0.2, -0.15) is 4.40 Å². The Morgan fingerprint density at radius 2 is 1.81 bits per heavy atom. The van der Waals surface area contributed by atoms with Crippen LogP contribution in [-0.2, 0) is 0 Å². The van der Waals surface area contributed by atoms with Crippen molar-refractivity contribution in [1.82, 2.24) is 4.98 Å². The molecule has 0 aliphatic rings. The van der Waals surface area contributed by atoms with E-state index in [0.717, 1.165) is 10.7 Å². The van der Waals surface area contributed by atoms with E-state index in [1.165, 1.54) is 27.7 Å². The summed E-state index contributed by atoms with van der Waals surface area (Å²) in [5, 5.41) is 4.72. The van der Waals surface area contributed by atoms with Gasteiger partial charge in [0, 0.05) is 23.9 Å². The number of rotatable bonds is 1. The Hall–Kier alpha value is -2.26. The summed E-state index contributed by atoms with van der Waals surface area (Å²) in [5.41, 5.74) is 4.76. The van der Waals surface area contributed by atoms with Crippen LogP contribution >= 0.6 is 11.3 Å². The van der Waals surface area contributed by atoms with Crippen molar-refractivity contribution in [1.29, 1.82) is 0 Å². The van der Waals surface area contributed by atoms with Crippen molar-refractivity contribution >= 4 is 27.1 Å². The van der Waals surface area contributed by atoms with Crippen LogP contribution in [0.3, 0.4) is 0 Å². The van der Waals surface area contributed by atoms with Gasteiger partial charge in [0.15, 0.2) is 5.69 Å². The molecule has 0 unspecified atom stereocenters. The maximum absolute atomic E-state index is 4.64. The Kier molecular flexibility index (Phi) is 2.76. The van der Waals surface area contributed by atoms with Crippen LogP contribution < -0.4 is 4.40 Å². The molecular weight excluding hydrogens is 276 g/mol. The van der Waals surface area contributed by atoms with Gasteiger partial charge in [0.1, 0.15) is 11.4 Å². The Balaban J connectivity index is 2.16. The van der Waals surface area contributed by atoms with Gasteiger partial charge in [0.2, 0.25) is 0 Å². The second kappa shape index (κ2) is 4.64. The summed E-state index contributed by atoms with van der Waals surface area (Å²) in [6.45, 7) is 4.19. The third-order valence-electron chi connectivity index (χ3n) is 3.80. The molecule has 4 rings (SSSR count). The highest BCUT2D eigenvalue weighted by molar-refractivity contribution is 7.14. The molecule has 2 nitrogen and oxygen atoms in total. The average Bonchev–Trinajstić information content (AvgIpc) is 2.87. The third kappa shape index (κ3) is 1.93. The van der Waals surface area contributed by atoms with E-state index in [9.17, 15) is 0 Å². The smallest absolute Gasteiger partial charge is 0.183 e. The molecule has 0 amide bonds. The molecule has 2 aromatic heterocycles. The average molecular weight is 291 g/mol. The van der Waals surface area contributed by atoms with Crippen molar-refractivity contribution in [3.8, 4) is 11.3 Å². The van der Waals surface area contributed by atoms with Crippen molar-refractivity contribution in [2.45, 2.75) is 13.8 Å². The fraction of sp³-hybridized carbons (Fsp3) is 0.111. The monoisotopic (exact) mass is 291 g/mol. The first-order chi connectivity index (χ1) is 10.2. The molecule has 0 bridgehead atoms. The molecule has 2 heterocycles. The van der Waals surface area contributed by atoms with Gasteiger partial charge in [0.05, 0.1) is 0 Å². The maximum atomic E-state index is 4.64. The number of thiazole rings is 1. The van der Waals surface area contributed by atoms with Gasteiger partial charge in [-0.05, 0) is 22.7 Å². The number of hydrogen-bond acceptors (Lipinski definition) is 2. The molecule has 0 saturated carbocycles. The summed E-state index contributed by atoms with van der Waals surface area (Å²) in [5.74, 6) is 0. The summed E-state index contributed by atoms with van der Waals surface area (Å²) < 4.78 is 2.25. The molecule has 0 spiro atoms. The van der Waals surface area contributed by atoms with Crippen molar-refractivity contribution in [3.63, 3.8) is 0 Å². The van der Waals surface area contributed by atoms with Crippen molar-refractivity contribution < 1.29 is 4.40 Å². The number of nitrogens with zero attached hydrogens (tertiary/aromatic N) is 2. The lowest BCUT2D eigenvalue weighted by Crippen LogP contribution is -2.27. The molecule has 0 fully saturated rings. The van der Waals surface area contributed by atoms with Gasteiger partial charge < -0.3 is 0 Å². The SMILES string of the molecule is Cc1cc(-c2cccc3ccccc23)[n+]2c(C)csc2n1. The predicted molar refractivity (Wildman–Crippen MR) is 87.7 cm³/mol. The number of aryl methyl sites for hydroxylation is 2. The van der Waals surface area contributed by atoms with Crippen LogP contribution in [0, 0.1) is 13.8 Å². The molecule has 102 valence electrons. The molecule has 0 radical (unpaired) electrons. The first kappa shape index (κ1) is 12.5. The molecule has 2 aromatic carbocycles. The summed E-state index contributed by atoms with van der Waals surface area (Å²) in [6.07, 6.45) is 0. The molecule has 4 aromatic rings. The Bertz CT molecular complexity index is 964. The normalized spacial score (nSPS) is 11.3. The summed E-state index contributed by atoms with van der Waals surface area (Å²) >= 11 is 1.69. The van der Waals surface area contributed by atoms with Crippen LogP contribution in [0.4, 0.5) is 0 Å². The summed E-state index contributed by atoms with van der Waals surface area (Å²) in [4.78, 5) is 5.70. The Morgan fingerprint density at radius 1 is 1.00 bits per heavy atom. The summed E-state index contributed by atoms with van der Waals surface area (Å²) in [7, 11) is 0. The van der Waals surface area contributed by atoms with Crippen LogP contribution in [0.5, 0.6) is 0 Å². The highest BCUT2D eigenvalue weighted by Gasteiger charge is 2.19. The van der Waals surface area contributed by atoms with Gasteiger partial charge in [-0.1, -0.05) is 53.8 Å². The zero-order valence-electron chi connectivity index (χ0n) is 12.0. The van der Waals surface area contributed by atoms with Gasteiger partial charge in [-0.3, -0.25) is 0 Å². The minimum absolute atomic E-state index is 1.05. The molecule has 0 atom stereocenters. The lowest BCUT2D eigenvalue weighted by molar-refractivity contribution is -0.505. The molecule has 3 heteroatoms. The fourth-order valence-corrected chi connectivity index (χ4v) is 3.78. The second-order valence-electron chi connectivity index (χ2n) is 5.30. The molecule has 0 N–H and O–H groups in total. The largest absolute Gasteiger partial charge is 0.387 e. The van der Waals surface area contributed by atoms with Crippen LogP contribution in [0.15, 0.2) is 53.9 Å². The minimum Gasteiger partial charge on any atom is -0.183 e. The van der Waals surface area contributed by atoms with Gasteiger partial charge in [0.25, 0.3) is 0 Å². The highest BCUT2D eigenvalue weighted by atomic mass is 32.1. The van der Waals surface area contributed by atoms with E-state index in [0.29, 0.717) is 0 Å². The van der Waals surface area contributed by atoms with Gasteiger partial charge >= 0.3 is 4.96 Å². The maximum Gasteiger partial charge on any atom is 0.387 e. The second-order valence-corrected chi connectivity index (χ2v) is 6.14. The van der Waals surface area contributed by atoms with E-state index in [1.54, 1.807) is 11.3 Å².